The molecule has 0 saturated carbocycles. The molecule has 4 heterocycles. The molecule has 0 bridgehead atoms. The Morgan fingerprint density at radius 2 is 2.16 bits per heavy atom. The lowest BCUT2D eigenvalue weighted by atomic mass is 9.81. The lowest BCUT2D eigenvalue weighted by Crippen LogP contribution is -2.50. The van der Waals surface area contributed by atoms with E-state index in [1.54, 1.807) is 4.68 Å². The lowest BCUT2D eigenvalue weighted by molar-refractivity contribution is 0.356. The molecule has 3 aromatic heterocycles. The van der Waals surface area contributed by atoms with Crippen LogP contribution in [0.2, 0.25) is 0 Å². The number of rotatable bonds is 2. The summed E-state index contributed by atoms with van der Waals surface area (Å²) < 4.78 is 7.11. The van der Waals surface area contributed by atoms with Gasteiger partial charge in [-0.3, -0.25) is 10.00 Å². The normalized spacial score (nSPS) is 20.1. The highest BCUT2D eigenvalue weighted by molar-refractivity contribution is 5.86. The number of fused-ring (bicyclic) bond motifs is 3. The number of hydrogen-bond donors (Lipinski definition) is 2. The second kappa shape index (κ2) is 5.03. The van der Waals surface area contributed by atoms with Gasteiger partial charge in [-0.2, -0.15) is 10.1 Å². The molecule has 0 fully saturated rings. The van der Waals surface area contributed by atoms with E-state index in [-0.39, 0.29) is 0 Å². The number of nitrogens with one attached hydrogen (secondary N) is 2. The van der Waals surface area contributed by atoms with E-state index in [1.807, 2.05) is 32.4 Å². The third kappa shape index (κ3) is 1.93. The molecular weight excluding hydrogens is 316 g/mol. The zero-order valence-electron chi connectivity index (χ0n) is 14.1. The summed E-state index contributed by atoms with van der Waals surface area (Å²) in [6, 6.07) is 8.37. The molecule has 5 rings (SSSR count). The van der Waals surface area contributed by atoms with Gasteiger partial charge in [-0.25, -0.2) is 0 Å². The fraction of sp³-hybridized carbons (Fsp3) is 0.278. The van der Waals surface area contributed by atoms with E-state index >= 15 is 0 Å². The van der Waals surface area contributed by atoms with Crippen molar-refractivity contribution in [2.24, 2.45) is 7.05 Å². The molecule has 1 aromatic carbocycles. The molecule has 1 aliphatic rings. The van der Waals surface area contributed by atoms with Gasteiger partial charge in [-0.15, -0.1) is 0 Å². The molecule has 7 nitrogen and oxygen atoms in total. The van der Waals surface area contributed by atoms with Crippen LogP contribution in [0.25, 0.3) is 10.9 Å². The average molecular weight is 334 g/mol. The zero-order chi connectivity index (χ0) is 17.0. The van der Waals surface area contributed by atoms with Crippen molar-refractivity contribution in [2.45, 2.75) is 18.9 Å². The standard InChI is InChI=1S/C18H18N6O/c1-11-21-17(23-25-11)18(12-9-20-24(2)10-12)16-14(7-8-19-18)13-5-3-4-6-15(13)22-16/h3-6,9-10,19,22H,7-8H2,1-2H3. The van der Waals surface area contributed by atoms with Crippen LogP contribution in [0.15, 0.2) is 41.2 Å². The summed E-state index contributed by atoms with van der Waals surface area (Å²) in [4.78, 5) is 8.17. The Morgan fingerprint density at radius 1 is 1.28 bits per heavy atom. The first-order valence-electron chi connectivity index (χ1n) is 8.33. The van der Waals surface area contributed by atoms with Crippen molar-refractivity contribution in [3.8, 4) is 0 Å². The highest BCUT2D eigenvalue weighted by atomic mass is 16.5. The number of H-pyrrole nitrogens is 1. The van der Waals surface area contributed by atoms with Gasteiger partial charge in [0.25, 0.3) is 0 Å². The average Bonchev–Trinajstić information content (AvgIpc) is 3.33. The summed E-state index contributed by atoms with van der Waals surface area (Å²) in [5, 5.41) is 13.5. The maximum atomic E-state index is 5.32. The molecule has 1 atom stereocenters. The number of nitrogens with zero attached hydrogens (tertiary/aromatic N) is 4. The van der Waals surface area contributed by atoms with E-state index in [0.717, 1.165) is 29.7 Å². The Labute approximate surface area is 144 Å². The predicted octanol–water partition coefficient (Wildman–Crippen LogP) is 2.03. The molecule has 0 saturated heterocycles. The third-order valence-electron chi connectivity index (χ3n) is 4.95. The van der Waals surface area contributed by atoms with E-state index in [1.165, 1.54) is 10.9 Å². The topological polar surface area (TPSA) is 84.6 Å². The molecule has 0 radical (unpaired) electrons. The molecule has 0 amide bonds. The Morgan fingerprint density at radius 3 is 2.92 bits per heavy atom. The van der Waals surface area contributed by atoms with Gasteiger partial charge in [-0.05, 0) is 18.1 Å². The molecule has 7 heteroatoms. The first-order chi connectivity index (χ1) is 12.2. The van der Waals surface area contributed by atoms with Crippen LogP contribution in [0.3, 0.4) is 0 Å². The first kappa shape index (κ1) is 14.4. The molecule has 2 N–H and O–H groups in total. The second-order valence-electron chi connectivity index (χ2n) is 6.49. The van der Waals surface area contributed by atoms with Crippen molar-refractivity contribution in [1.29, 1.82) is 0 Å². The van der Waals surface area contributed by atoms with Crippen molar-refractivity contribution in [3.05, 3.63) is 65.2 Å². The van der Waals surface area contributed by atoms with Crippen molar-refractivity contribution in [1.82, 2.24) is 30.2 Å². The number of hydrogen-bond acceptors (Lipinski definition) is 5. The fourth-order valence-corrected chi connectivity index (χ4v) is 3.88. The highest BCUT2D eigenvalue weighted by Crippen LogP contribution is 2.41. The van der Waals surface area contributed by atoms with E-state index in [9.17, 15) is 0 Å². The van der Waals surface area contributed by atoms with Crippen LogP contribution in [0.4, 0.5) is 0 Å². The Kier molecular flexibility index (Phi) is 2.90. The zero-order valence-corrected chi connectivity index (χ0v) is 14.1. The van der Waals surface area contributed by atoms with Gasteiger partial charge >= 0.3 is 0 Å². The minimum absolute atomic E-state index is 0.545. The van der Waals surface area contributed by atoms with E-state index in [2.05, 4.69) is 43.7 Å². The van der Waals surface area contributed by atoms with Crippen LogP contribution in [0.1, 0.15) is 28.5 Å². The van der Waals surface area contributed by atoms with Gasteiger partial charge in [0.1, 0.15) is 0 Å². The van der Waals surface area contributed by atoms with Crippen LogP contribution in [0.5, 0.6) is 0 Å². The predicted molar refractivity (Wildman–Crippen MR) is 92.1 cm³/mol. The second-order valence-corrected chi connectivity index (χ2v) is 6.49. The molecule has 1 aliphatic heterocycles. The minimum Gasteiger partial charge on any atom is -0.356 e. The van der Waals surface area contributed by atoms with Crippen molar-refractivity contribution in [3.63, 3.8) is 0 Å². The van der Waals surface area contributed by atoms with Crippen LogP contribution < -0.4 is 5.32 Å². The first-order valence-corrected chi connectivity index (χ1v) is 8.33. The number of aromatic amines is 1. The number of para-hydroxylation sites is 1. The van der Waals surface area contributed by atoms with Crippen LogP contribution in [-0.2, 0) is 19.0 Å². The highest BCUT2D eigenvalue weighted by Gasteiger charge is 2.46. The lowest BCUT2D eigenvalue weighted by Gasteiger charge is -2.35. The Bertz CT molecular complexity index is 1030. The van der Waals surface area contributed by atoms with E-state index in [0.29, 0.717) is 11.7 Å². The largest absolute Gasteiger partial charge is 0.356 e. The van der Waals surface area contributed by atoms with Crippen molar-refractivity contribution in [2.75, 3.05) is 6.54 Å². The van der Waals surface area contributed by atoms with Gasteiger partial charge in [0, 0.05) is 43.2 Å². The molecular formula is C18H18N6O. The monoisotopic (exact) mass is 334 g/mol. The minimum atomic E-state index is -0.696. The maximum Gasteiger partial charge on any atom is 0.223 e. The summed E-state index contributed by atoms with van der Waals surface area (Å²) in [6.45, 7) is 2.62. The quantitative estimate of drug-likeness (QED) is 0.586. The summed E-state index contributed by atoms with van der Waals surface area (Å²) >= 11 is 0. The van der Waals surface area contributed by atoms with E-state index < -0.39 is 5.54 Å². The summed E-state index contributed by atoms with van der Waals surface area (Å²) in [7, 11) is 1.91. The van der Waals surface area contributed by atoms with E-state index in [4.69, 9.17) is 4.52 Å². The molecule has 0 aliphatic carbocycles. The Hall–Kier alpha value is -2.93. The third-order valence-corrected chi connectivity index (χ3v) is 4.95. The molecule has 25 heavy (non-hydrogen) atoms. The Balaban J connectivity index is 1.86. The van der Waals surface area contributed by atoms with Gasteiger partial charge in [0.2, 0.25) is 11.7 Å². The summed E-state index contributed by atoms with van der Waals surface area (Å²) in [5.41, 5.74) is 3.76. The molecule has 4 aromatic rings. The number of benzene rings is 1. The van der Waals surface area contributed by atoms with Crippen molar-refractivity contribution >= 4 is 10.9 Å². The fourth-order valence-electron chi connectivity index (χ4n) is 3.88. The van der Waals surface area contributed by atoms with Crippen LogP contribution >= 0.6 is 0 Å². The van der Waals surface area contributed by atoms with Crippen LogP contribution in [-0.4, -0.2) is 31.4 Å². The molecule has 1 unspecified atom stereocenters. The van der Waals surface area contributed by atoms with Gasteiger partial charge in [0.15, 0.2) is 5.54 Å². The SMILES string of the molecule is Cc1nc(C2(c3cnn(C)c3)NCCc3c2[nH]c2ccccc32)no1. The van der Waals surface area contributed by atoms with Gasteiger partial charge in [0.05, 0.1) is 11.9 Å². The maximum absolute atomic E-state index is 5.32. The van der Waals surface area contributed by atoms with Crippen molar-refractivity contribution < 1.29 is 4.52 Å². The van der Waals surface area contributed by atoms with Crippen LogP contribution in [0, 0.1) is 6.92 Å². The summed E-state index contributed by atoms with van der Waals surface area (Å²) in [5.74, 6) is 1.15. The summed E-state index contributed by atoms with van der Waals surface area (Å²) in [6.07, 6.45) is 4.80. The van der Waals surface area contributed by atoms with Gasteiger partial charge in [-0.1, -0.05) is 23.4 Å². The number of aromatic nitrogens is 5. The number of aryl methyl sites for hydroxylation is 2. The molecule has 126 valence electrons. The smallest absolute Gasteiger partial charge is 0.223 e. The molecule has 0 spiro atoms. The van der Waals surface area contributed by atoms with Gasteiger partial charge < -0.3 is 9.51 Å².